The van der Waals surface area contributed by atoms with Gasteiger partial charge in [-0.15, -0.1) is 11.3 Å². The molecule has 0 aliphatic carbocycles. The largest absolute Gasteiger partial charge is 0.335 e. The first-order valence-corrected chi connectivity index (χ1v) is 11.3. The van der Waals surface area contributed by atoms with E-state index in [-0.39, 0.29) is 5.91 Å². The zero-order chi connectivity index (χ0) is 19.4. The summed E-state index contributed by atoms with van der Waals surface area (Å²) in [5, 5.41) is 1.25. The number of rotatable bonds is 5. The van der Waals surface area contributed by atoms with Crippen molar-refractivity contribution in [1.82, 2.24) is 9.21 Å². The zero-order valence-corrected chi connectivity index (χ0v) is 17.2. The van der Waals surface area contributed by atoms with Gasteiger partial charge in [0, 0.05) is 36.5 Å². The van der Waals surface area contributed by atoms with Gasteiger partial charge in [0.05, 0.1) is 4.88 Å². The Hall–Kier alpha value is -1.96. The molecule has 1 amide bonds. The Morgan fingerprint density at radius 2 is 1.81 bits per heavy atom. The minimum atomic E-state index is -3.48. The Balaban J connectivity index is 1.62. The molecule has 144 valence electrons. The fourth-order valence-electron chi connectivity index (χ4n) is 3.09. The summed E-state index contributed by atoms with van der Waals surface area (Å²) in [4.78, 5) is 16.4. The number of hydrogen-bond donors (Lipinski definition) is 0. The van der Waals surface area contributed by atoms with E-state index in [9.17, 15) is 13.2 Å². The number of nitrogens with zero attached hydrogens (tertiary/aromatic N) is 2. The summed E-state index contributed by atoms with van der Waals surface area (Å²) >= 11 is 1.52. The maximum atomic E-state index is 12.7. The first-order chi connectivity index (χ1) is 12.9. The van der Waals surface area contributed by atoms with Gasteiger partial charge in [-0.3, -0.25) is 4.79 Å². The minimum Gasteiger partial charge on any atom is -0.335 e. The van der Waals surface area contributed by atoms with Gasteiger partial charge in [0.25, 0.3) is 5.91 Å². The van der Waals surface area contributed by atoms with Gasteiger partial charge in [0.2, 0.25) is 10.0 Å². The molecule has 0 spiro atoms. The van der Waals surface area contributed by atoms with Crippen LogP contribution in [0.15, 0.2) is 41.8 Å². The predicted molar refractivity (Wildman–Crippen MR) is 110 cm³/mol. The van der Waals surface area contributed by atoms with Gasteiger partial charge in [-0.25, -0.2) is 8.42 Å². The van der Waals surface area contributed by atoms with Crippen LogP contribution in [0.2, 0.25) is 0 Å². The van der Waals surface area contributed by atoms with Crippen LogP contribution in [-0.2, 0) is 16.4 Å². The van der Waals surface area contributed by atoms with E-state index in [0.29, 0.717) is 26.2 Å². The number of amides is 1. The lowest BCUT2D eigenvalue weighted by atomic mass is 10.2. The lowest BCUT2D eigenvalue weighted by Crippen LogP contribution is -2.49. The first-order valence-electron chi connectivity index (χ1n) is 9.02. The summed E-state index contributed by atoms with van der Waals surface area (Å²) in [7, 11) is -3.48. The van der Waals surface area contributed by atoms with Crippen LogP contribution in [0.25, 0.3) is 6.08 Å². The van der Waals surface area contributed by atoms with E-state index in [2.05, 4.69) is 6.92 Å². The van der Waals surface area contributed by atoms with E-state index < -0.39 is 10.0 Å². The first kappa shape index (κ1) is 19.8. The minimum absolute atomic E-state index is 0.000300. The molecule has 2 heterocycles. The number of carbonyl (C=O) groups is 1. The van der Waals surface area contributed by atoms with Crippen LogP contribution in [0.4, 0.5) is 0 Å². The van der Waals surface area contributed by atoms with E-state index in [1.807, 2.05) is 43.3 Å². The highest BCUT2D eigenvalue weighted by Gasteiger charge is 2.28. The summed E-state index contributed by atoms with van der Waals surface area (Å²) in [5.41, 5.74) is 2.05. The van der Waals surface area contributed by atoms with Gasteiger partial charge in [-0.05, 0) is 36.6 Å². The Labute approximate surface area is 165 Å². The lowest BCUT2D eigenvalue weighted by Gasteiger charge is -2.33. The quantitative estimate of drug-likeness (QED) is 0.768. The third-order valence-corrected chi connectivity index (χ3v) is 7.38. The maximum Gasteiger partial charge on any atom is 0.264 e. The molecule has 7 heteroatoms. The van der Waals surface area contributed by atoms with Gasteiger partial charge in [0.15, 0.2) is 0 Å². The normalized spacial score (nSPS) is 16.1. The van der Waals surface area contributed by atoms with Crippen LogP contribution in [0.1, 0.15) is 32.6 Å². The van der Waals surface area contributed by atoms with Crippen molar-refractivity contribution < 1.29 is 13.2 Å². The Kier molecular flexibility index (Phi) is 6.14. The van der Waals surface area contributed by atoms with Crippen LogP contribution in [0, 0.1) is 6.92 Å². The highest BCUT2D eigenvalue weighted by atomic mass is 32.2. The molecule has 1 fully saturated rings. The molecule has 0 atom stereocenters. The molecule has 0 saturated carbocycles. The summed E-state index contributed by atoms with van der Waals surface area (Å²) in [6.07, 6.45) is 2.52. The molecular formula is C20H24N2O3S2. The summed E-state index contributed by atoms with van der Waals surface area (Å²) in [6.45, 7) is 5.57. The maximum absolute atomic E-state index is 12.7. The molecule has 1 saturated heterocycles. The molecule has 0 unspecified atom stereocenters. The van der Waals surface area contributed by atoms with Crippen molar-refractivity contribution in [1.29, 1.82) is 0 Å². The third kappa shape index (κ3) is 4.66. The molecule has 1 aromatic heterocycles. The summed E-state index contributed by atoms with van der Waals surface area (Å²) < 4.78 is 26.5. The SMILES string of the molecule is CCc1cc(C(=O)N2CCN(S(=O)(=O)/C=C/c3ccccc3)CC2)sc1C. The number of hydrogen-bond acceptors (Lipinski definition) is 4. The van der Waals surface area contributed by atoms with E-state index in [1.54, 1.807) is 11.0 Å². The second kappa shape index (κ2) is 8.37. The van der Waals surface area contributed by atoms with Crippen molar-refractivity contribution in [3.05, 3.63) is 62.7 Å². The molecular weight excluding hydrogens is 380 g/mol. The summed E-state index contributed by atoms with van der Waals surface area (Å²) in [6, 6.07) is 11.3. The fraction of sp³-hybridized carbons (Fsp3) is 0.350. The van der Waals surface area contributed by atoms with E-state index >= 15 is 0 Å². The predicted octanol–water partition coefficient (Wildman–Crippen LogP) is 3.38. The number of thiophene rings is 1. The number of aryl methyl sites for hydroxylation is 2. The van der Waals surface area contributed by atoms with E-state index in [4.69, 9.17) is 0 Å². The Bertz CT molecular complexity index is 925. The van der Waals surface area contributed by atoms with Crippen molar-refractivity contribution in [3.63, 3.8) is 0 Å². The van der Waals surface area contributed by atoms with Gasteiger partial charge >= 0.3 is 0 Å². The molecule has 0 N–H and O–H groups in total. The molecule has 2 aromatic rings. The smallest absolute Gasteiger partial charge is 0.264 e. The van der Waals surface area contributed by atoms with Crippen molar-refractivity contribution in [2.75, 3.05) is 26.2 Å². The van der Waals surface area contributed by atoms with Gasteiger partial charge < -0.3 is 4.90 Å². The van der Waals surface area contributed by atoms with Gasteiger partial charge in [-0.2, -0.15) is 4.31 Å². The molecule has 27 heavy (non-hydrogen) atoms. The summed E-state index contributed by atoms with van der Waals surface area (Å²) in [5.74, 6) is -0.000300. The van der Waals surface area contributed by atoms with Gasteiger partial charge in [-0.1, -0.05) is 37.3 Å². The van der Waals surface area contributed by atoms with Crippen LogP contribution in [0.5, 0.6) is 0 Å². The Morgan fingerprint density at radius 1 is 1.15 bits per heavy atom. The number of carbonyl (C=O) groups excluding carboxylic acids is 1. The molecule has 0 bridgehead atoms. The van der Waals surface area contributed by atoms with Crippen molar-refractivity contribution in [2.45, 2.75) is 20.3 Å². The molecule has 1 aromatic carbocycles. The monoisotopic (exact) mass is 404 g/mol. The van der Waals surface area contributed by atoms with Crippen molar-refractivity contribution >= 4 is 33.3 Å². The topological polar surface area (TPSA) is 57.7 Å². The van der Waals surface area contributed by atoms with Crippen LogP contribution in [0.3, 0.4) is 0 Å². The highest BCUT2D eigenvalue weighted by molar-refractivity contribution is 7.92. The lowest BCUT2D eigenvalue weighted by molar-refractivity contribution is 0.0703. The Morgan fingerprint density at radius 3 is 2.41 bits per heavy atom. The van der Waals surface area contributed by atoms with Gasteiger partial charge in [0.1, 0.15) is 0 Å². The van der Waals surface area contributed by atoms with E-state index in [1.165, 1.54) is 31.5 Å². The second-order valence-corrected chi connectivity index (χ2v) is 9.57. The molecule has 5 nitrogen and oxygen atoms in total. The van der Waals surface area contributed by atoms with Crippen molar-refractivity contribution in [2.24, 2.45) is 0 Å². The molecule has 1 aliphatic heterocycles. The van der Waals surface area contributed by atoms with E-state index in [0.717, 1.165) is 16.9 Å². The average Bonchev–Trinajstić information content (AvgIpc) is 3.07. The third-order valence-electron chi connectivity index (χ3n) is 4.73. The molecule has 3 rings (SSSR count). The molecule has 0 radical (unpaired) electrons. The number of sulfonamides is 1. The standard InChI is InChI=1S/C20H24N2O3S2/c1-3-18-15-19(26-16(18)2)20(23)21-10-12-22(13-11-21)27(24,25)14-9-17-7-5-4-6-8-17/h4-9,14-15H,3,10-13H2,1-2H3/b14-9+. The van der Waals surface area contributed by atoms with Crippen molar-refractivity contribution in [3.8, 4) is 0 Å². The number of piperazine rings is 1. The highest BCUT2D eigenvalue weighted by Crippen LogP contribution is 2.24. The zero-order valence-electron chi connectivity index (χ0n) is 15.6. The molecule has 1 aliphatic rings. The number of benzene rings is 1. The van der Waals surface area contributed by atoms with Crippen LogP contribution < -0.4 is 0 Å². The second-order valence-electron chi connectivity index (χ2n) is 6.50. The van der Waals surface area contributed by atoms with Crippen LogP contribution >= 0.6 is 11.3 Å². The fourth-order valence-corrected chi connectivity index (χ4v) is 5.35. The van der Waals surface area contributed by atoms with Crippen LogP contribution in [-0.4, -0.2) is 49.7 Å². The average molecular weight is 405 g/mol.